The number of carbonyl (C=O) groups excluding carboxylic acids is 2. The molecule has 0 aliphatic carbocycles. The summed E-state index contributed by atoms with van der Waals surface area (Å²) in [5.41, 5.74) is 0.909. The lowest BCUT2D eigenvalue weighted by atomic mass is 9.84. The fraction of sp³-hybridized carbons (Fsp3) is 0.500. The van der Waals surface area contributed by atoms with Crippen LogP contribution in [0.3, 0.4) is 0 Å². The number of hydrogen-bond donors (Lipinski definition) is 1. The van der Waals surface area contributed by atoms with Crippen molar-refractivity contribution in [2.24, 2.45) is 5.92 Å². The molecular formula is C16H19NO5. The van der Waals surface area contributed by atoms with Crippen LogP contribution < -0.4 is 5.32 Å². The number of benzene rings is 1. The second-order valence-electron chi connectivity index (χ2n) is 5.57. The Morgan fingerprint density at radius 3 is 2.68 bits per heavy atom. The molecule has 22 heavy (non-hydrogen) atoms. The molecule has 6 nitrogen and oxygen atoms in total. The van der Waals surface area contributed by atoms with Crippen LogP contribution in [0, 0.1) is 5.92 Å². The summed E-state index contributed by atoms with van der Waals surface area (Å²) < 4.78 is 15.7. The smallest absolute Gasteiger partial charge is 0.407 e. The summed E-state index contributed by atoms with van der Waals surface area (Å²) in [7, 11) is 1.35. The molecule has 1 aromatic rings. The first-order chi connectivity index (χ1) is 10.7. The normalized spacial score (nSPS) is 29.1. The first-order valence-electron chi connectivity index (χ1n) is 7.39. The molecule has 1 aromatic carbocycles. The predicted molar refractivity (Wildman–Crippen MR) is 77.0 cm³/mol. The van der Waals surface area contributed by atoms with E-state index in [2.05, 4.69) is 5.32 Å². The molecule has 6 heteroatoms. The highest BCUT2D eigenvalue weighted by atomic mass is 16.6. The van der Waals surface area contributed by atoms with Gasteiger partial charge in [0.1, 0.15) is 12.5 Å². The maximum atomic E-state index is 12.0. The van der Waals surface area contributed by atoms with Gasteiger partial charge >= 0.3 is 12.1 Å². The molecule has 0 saturated carbocycles. The lowest BCUT2D eigenvalue weighted by Crippen LogP contribution is -2.50. The summed E-state index contributed by atoms with van der Waals surface area (Å²) in [4.78, 5) is 23.8. The van der Waals surface area contributed by atoms with E-state index in [0.717, 1.165) is 18.4 Å². The number of ether oxygens (including phenoxy) is 3. The summed E-state index contributed by atoms with van der Waals surface area (Å²) in [6, 6.07) is 9.05. The van der Waals surface area contributed by atoms with E-state index in [4.69, 9.17) is 14.2 Å². The molecule has 2 aliphatic rings. The van der Waals surface area contributed by atoms with Gasteiger partial charge in [-0.1, -0.05) is 30.3 Å². The fourth-order valence-electron chi connectivity index (χ4n) is 3.20. The molecule has 2 bridgehead atoms. The zero-order chi connectivity index (χ0) is 15.5. The Kier molecular flexibility index (Phi) is 4.29. The second kappa shape index (κ2) is 6.36. The standard InChI is InChI=1S/C16H19NO5/c1-20-15(18)13-11-7-8-12(22-11)14(13)17-16(19)21-9-10-5-3-2-4-6-10/h2-6,11-14H,7-9H2,1H3,(H,17,19)/t11-,12+,13?,14?/m1/s1. The van der Waals surface area contributed by atoms with Crippen LogP contribution in [0.4, 0.5) is 4.79 Å². The van der Waals surface area contributed by atoms with Gasteiger partial charge in [-0.25, -0.2) is 4.79 Å². The Morgan fingerprint density at radius 1 is 1.23 bits per heavy atom. The molecular weight excluding hydrogens is 286 g/mol. The minimum Gasteiger partial charge on any atom is -0.469 e. The van der Waals surface area contributed by atoms with E-state index in [1.165, 1.54) is 7.11 Å². The van der Waals surface area contributed by atoms with Crippen LogP contribution in [0.1, 0.15) is 18.4 Å². The topological polar surface area (TPSA) is 73.9 Å². The quantitative estimate of drug-likeness (QED) is 0.856. The van der Waals surface area contributed by atoms with E-state index in [1.54, 1.807) is 0 Å². The molecule has 4 atom stereocenters. The van der Waals surface area contributed by atoms with Gasteiger partial charge < -0.3 is 19.5 Å². The number of fused-ring (bicyclic) bond motifs is 2. The monoisotopic (exact) mass is 305 g/mol. The number of esters is 1. The molecule has 2 heterocycles. The van der Waals surface area contributed by atoms with Crippen molar-refractivity contribution in [3.8, 4) is 0 Å². The van der Waals surface area contributed by atoms with Gasteiger partial charge in [-0.15, -0.1) is 0 Å². The molecule has 1 N–H and O–H groups in total. The van der Waals surface area contributed by atoms with Crippen LogP contribution in [0.15, 0.2) is 30.3 Å². The Bertz CT molecular complexity index is 547. The number of amides is 1. The van der Waals surface area contributed by atoms with Gasteiger partial charge in [0, 0.05) is 0 Å². The van der Waals surface area contributed by atoms with Crippen molar-refractivity contribution < 1.29 is 23.8 Å². The van der Waals surface area contributed by atoms with Crippen molar-refractivity contribution in [3.05, 3.63) is 35.9 Å². The van der Waals surface area contributed by atoms with Gasteiger partial charge in [0.25, 0.3) is 0 Å². The van der Waals surface area contributed by atoms with Crippen LogP contribution in [-0.2, 0) is 25.6 Å². The largest absolute Gasteiger partial charge is 0.469 e. The molecule has 2 saturated heterocycles. The number of hydrogen-bond acceptors (Lipinski definition) is 5. The second-order valence-corrected chi connectivity index (χ2v) is 5.57. The van der Waals surface area contributed by atoms with Crippen LogP contribution in [-0.4, -0.2) is 37.4 Å². The van der Waals surface area contributed by atoms with Crippen molar-refractivity contribution in [1.82, 2.24) is 5.32 Å². The van der Waals surface area contributed by atoms with Crippen molar-refractivity contribution in [2.45, 2.75) is 37.7 Å². The highest BCUT2D eigenvalue weighted by Gasteiger charge is 2.53. The third kappa shape index (κ3) is 2.92. The van der Waals surface area contributed by atoms with Crippen LogP contribution >= 0.6 is 0 Å². The molecule has 0 aromatic heterocycles. The Labute approximate surface area is 128 Å². The van der Waals surface area contributed by atoms with E-state index in [-0.39, 0.29) is 30.8 Å². The van der Waals surface area contributed by atoms with E-state index in [1.807, 2.05) is 30.3 Å². The van der Waals surface area contributed by atoms with Crippen molar-refractivity contribution in [1.29, 1.82) is 0 Å². The van der Waals surface area contributed by atoms with Gasteiger partial charge in [-0.05, 0) is 18.4 Å². The molecule has 0 spiro atoms. The Balaban J connectivity index is 1.57. The lowest BCUT2D eigenvalue weighted by Gasteiger charge is -2.26. The van der Waals surface area contributed by atoms with Gasteiger partial charge in [-0.2, -0.15) is 0 Å². The molecule has 2 aliphatic heterocycles. The molecule has 2 unspecified atom stereocenters. The Hall–Kier alpha value is -2.08. The number of alkyl carbamates (subject to hydrolysis) is 1. The predicted octanol–water partition coefficient (Wildman–Crippen LogP) is 1.63. The third-order valence-corrected chi connectivity index (χ3v) is 4.24. The summed E-state index contributed by atoms with van der Waals surface area (Å²) in [6.45, 7) is 0.192. The maximum absolute atomic E-state index is 12.0. The van der Waals surface area contributed by atoms with E-state index >= 15 is 0 Å². The number of carbonyl (C=O) groups is 2. The molecule has 118 valence electrons. The lowest BCUT2D eigenvalue weighted by molar-refractivity contribution is -0.147. The highest BCUT2D eigenvalue weighted by Crippen LogP contribution is 2.39. The third-order valence-electron chi connectivity index (χ3n) is 4.24. The van der Waals surface area contributed by atoms with Crippen LogP contribution in [0.5, 0.6) is 0 Å². The average Bonchev–Trinajstić information content (AvgIpc) is 3.14. The number of nitrogens with one attached hydrogen (secondary N) is 1. The first-order valence-corrected chi connectivity index (χ1v) is 7.39. The summed E-state index contributed by atoms with van der Waals surface area (Å²) in [5, 5.41) is 2.76. The van der Waals surface area contributed by atoms with Crippen molar-refractivity contribution in [2.75, 3.05) is 7.11 Å². The zero-order valence-electron chi connectivity index (χ0n) is 12.4. The van der Waals surface area contributed by atoms with Gasteiger partial charge in [0.2, 0.25) is 0 Å². The molecule has 2 fully saturated rings. The van der Waals surface area contributed by atoms with Gasteiger partial charge in [0.05, 0.1) is 25.4 Å². The van der Waals surface area contributed by atoms with E-state index in [0.29, 0.717) is 0 Å². The molecule has 1 amide bonds. The van der Waals surface area contributed by atoms with Crippen molar-refractivity contribution >= 4 is 12.1 Å². The molecule has 0 radical (unpaired) electrons. The summed E-state index contributed by atoms with van der Waals surface area (Å²) in [5.74, 6) is -0.798. The first kappa shape index (κ1) is 14.8. The number of methoxy groups -OCH3 is 1. The van der Waals surface area contributed by atoms with Crippen molar-refractivity contribution in [3.63, 3.8) is 0 Å². The zero-order valence-corrected chi connectivity index (χ0v) is 12.4. The number of rotatable bonds is 4. The minimum atomic E-state index is -0.543. The summed E-state index contributed by atoms with van der Waals surface area (Å²) >= 11 is 0. The molecule has 3 rings (SSSR count). The minimum absolute atomic E-state index is 0.140. The Morgan fingerprint density at radius 2 is 1.95 bits per heavy atom. The summed E-state index contributed by atoms with van der Waals surface area (Å²) in [6.07, 6.45) is 0.804. The van der Waals surface area contributed by atoms with E-state index < -0.39 is 12.0 Å². The highest BCUT2D eigenvalue weighted by molar-refractivity contribution is 5.76. The fourth-order valence-corrected chi connectivity index (χ4v) is 3.20. The average molecular weight is 305 g/mol. The van der Waals surface area contributed by atoms with Crippen LogP contribution in [0.2, 0.25) is 0 Å². The van der Waals surface area contributed by atoms with Gasteiger partial charge in [-0.3, -0.25) is 4.79 Å². The van der Waals surface area contributed by atoms with Gasteiger partial charge in [0.15, 0.2) is 0 Å². The van der Waals surface area contributed by atoms with Crippen LogP contribution in [0.25, 0.3) is 0 Å². The van der Waals surface area contributed by atoms with E-state index in [9.17, 15) is 9.59 Å². The SMILES string of the molecule is COC(=O)C1C(NC(=O)OCc2ccccc2)[C@@H]2CC[C@H]1O2. The maximum Gasteiger partial charge on any atom is 0.407 e.